The number of hydrogen-bond acceptors (Lipinski definition) is 4. The van der Waals surface area contributed by atoms with Gasteiger partial charge in [0.25, 0.3) is 0 Å². The van der Waals surface area contributed by atoms with Gasteiger partial charge < -0.3 is 11.1 Å². The van der Waals surface area contributed by atoms with Gasteiger partial charge in [-0.25, -0.2) is 0 Å². The van der Waals surface area contributed by atoms with Crippen molar-refractivity contribution in [2.45, 2.75) is 11.8 Å². The van der Waals surface area contributed by atoms with Gasteiger partial charge in [0.05, 0.1) is 5.92 Å². The Morgan fingerprint density at radius 3 is 2.35 bits per heavy atom. The first-order valence-corrected chi connectivity index (χ1v) is 7.89. The lowest BCUT2D eigenvalue weighted by atomic mass is 9.98. The van der Waals surface area contributed by atoms with Crippen LogP contribution in [0.5, 0.6) is 0 Å². The number of benzene rings is 2. The number of nitrogens with two attached hydrogens (primary N) is 1. The summed E-state index contributed by atoms with van der Waals surface area (Å²) in [5.41, 5.74) is 15.0. The van der Waals surface area contributed by atoms with Gasteiger partial charge in [-0.2, -0.15) is 0 Å². The van der Waals surface area contributed by atoms with E-state index in [0.717, 1.165) is 24.3 Å². The highest BCUT2D eigenvalue weighted by atomic mass is 16.1. The quantitative estimate of drug-likeness (QED) is 0.676. The molecule has 0 bridgehead atoms. The Kier molecular flexibility index (Phi) is 5.02. The molecule has 0 radical (unpaired) electrons. The SMILES string of the molecule is NCC(C(=O)Nc1ccc(C2CNNC2)cc1)c1ccccc1. The van der Waals surface area contributed by atoms with E-state index in [9.17, 15) is 4.79 Å². The van der Waals surface area contributed by atoms with Gasteiger partial charge in [-0.3, -0.25) is 15.6 Å². The van der Waals surface area contributed by atoms with Crippen LogP contribution < -0.4 is 21.9 Å². The highest BCUT2D eigenvalue weighted by Gasteiger charge is 2.19. The molecule has 1 aliphatic heterocycles. The predicted molar refractivity (Wildman–Crippen MR) is 92.1 cm³/mol. The standard InChI is InChI=1S/C18H22N4O/c19-10-17(14-4-2-1-3-5-14)18(23)22-16-8-6-13(7-9-16)15-11-20-21-12-15/h1-9,15,17,20-21H,10-12,19H2,(H,22,23). The highest BCUT2D eigenvalue weighted by molar-refractivity contribution is 5.96. The zero-order valence-corrected chi connectivity index (χ0v) is 13.0. The Balaban J connectivity index is 1.67. The van der Waals surface area contributed by atoms with E-state index >= 15 is 0 Å². The topological polar surface area (TPSA) is 79.2 Å². The molecule has 0 aromatic heterocycles. The molecule has 1 fully saturated rings. The molecule has 2 aromatic rings. The average molecular weight is 310 g/mol. The van der Waals surface area contributed by atoms with E-state index in [0.29, 0.717) is 5.92 Å². The molecule has 3 rings (SSSR count). The van der Waals surface area contributed by atoms with Gasteiger partial charge >= 0.3 is 0 Å². The monoisotopic (exact) mass is 310 g/mol. The lowest BCUT2D eigenvalue weighted by Crippen LogP contribution is -2.27. The molecule has 5 nitrogen and oxygen atoms in total. The van der Waals surface area contributed by atoms with Crippen LogP contribution in [0.2, 0.25) is 0 Å². The van der Waals surface area contributed by atoms with Crippen molar-refractivity contribution in [1.29, 1.82) is 0 Å². The van der Waals surface area contributed by atoms with Gasteiger partial charge in [0.1, 0.15) is 0 Å². The Labute approximate surface area is 136 Å². The second-order valence-electron chi connectivity index (χ2n) is 5.77. The lowest BCUT2D eigenvalue weighted by molar-refractivity contribution is -0.117. The third kappa shape index (κ3) is 3.76. The van der Waals surface area contributed by atoms with Crippen molar-refractivity contribution in [3.05, 3.63) is 65.7 Å². The second-order valence-corrected chi connectivity index (χ2v) is 5.77. The molecular formula is C18H22N4O. The van der Waals surface area contributed by atoms with Crippen LogP contribution in [0.4, 0.5) is 5.69 Å². The molecule has 120 valence electrons. The molecule has 5 heteroatoms. The number of carbonyl (C=O) groups excluding carboxylic acids is 1. The molecule has 1 amide bonds. The Hall–Kier alpha value is -2.21. The third-order valence-corrected chi connectivity index (χ3v) is 4.23. The first kappa shape index (κ1) is 15.7. The minimum atomic E-state index is -0.334. The maximum Gasteiger partial charge on any atom is 0.233 e. The van der Waals surface area contributed by atoms with Crippen LogP contribution in [0.15, 0.2) is 54.6 Å². The summed E-state index contributed by atoms with van der Waals surface area (Å²) >= 11 is 0. The number of hydrazine groups is 1. The van der Waals surface area contributed by atoms with Gasteiger partial charge in [0.2, 0.25) is 5.91 Å². The normalized spacial score (nSPS) is 16.2. The van der Waals surface area contributed by atoms with E-state index in [-0.39, 0.29) is 18.4 Å². The van der Waals surface area contributed by atoms with Gasteiger partial charge in [-0.05, 0) is 23.3 Å². The second kappa shape index (κ2) is 7.37. The molecular weight excluding hydrogens is 288 g/mol. The first-order chi connectivity index (χ1) is 11.3. The number of anilines is 1. The lowest BCUT2D eigenvalue weighted by Gasteiger charge is -2.16. The summed E-state index contributed by atoms with van der Waals surface area (Å²) in [5.74, 6) is 0.0654. The van der Waals surface area contributed by atoms with Crippen LogP contribution in [-0.4, -0.2) is 25.5 Å². The van der Waals surface area contributed by atoms with Gasteiger partial charge in [0, 0.05) is 31.2 Å². The van der Waals surface area contributed by atoms with Crippen LogP contribution >= 0.6 is 0 Å². The van der Waals surface area contributed by atoms with E-state index in [1.165, 1.54) is 5.56 Å². The maximum absolute atomic E-state index is 12.5. The molecule has 1 unspecified atom stereocenters. The fraction of sp³-hybridized carbons (Fsp3) is 0.278. The minimum Gasteiger partial charge on any atom is -0.329 e. The molecule has 1 aliphatic rings. The number of amides is 1. The largest absolute Gasteiger partial charge is 0.329 e. The summed E-state index contributed by atoms with van der Waals surface area (Å²) in [5, 5.41) is 2.96. The average Bonchev–Trinajstić information content (AvgIpc) is 3.12. The molecule has 23 heavy (non-hydrogen) atoms. The van der Waals surface area contributed by atoms with Crippen molar-refractivity contribution in [3.63, 3.8) is 0 Å². The first-order valence-electron chi connectivity index (χ1n) is 7.89. The Morgan fingerprint density at radius 1 is 1.09 bits per heavy atom. The van der Waals surface area contributed by atoms with Crippen LogP contribution in [0.1, 0.15) is 23.0 Å². The molecule has 1 heterocycles. The van der Waals surface area contributed by atoms with Crippen LogP contribution in [-0.2, 0) is 4.79 Å². The van der Waals surface area contributed by atoms with Crippen molar-refractivity contribution in [2.75, 3.05) is 25.0 Å². The summed E-state index contributed by atoms with van der Waals surface area (Å²) in [4.78, 5) is 12.5. The van der Waals surface area contributed by atoms with Crippen LogP contribution in [0.25, 0.3) is 0 Å². The van der Waals surface area contributed by atoms with Gasteiger partial charge in [0.15, 0.2) is 0 Å². The third-order valence-electron chi connectivity index (χ3n) is 4.23. The van der Waals surface area contributed by atoms with Crippen molar-refractivity contribution in [1.82, 2.24) is 10.9 Å². The smallest absolute Gasteiger partial charge is 0.233 e. The van der Waals surface area contributed by atoms with Crippen molar-refractivity contribution >= 4 is 11.6 Å². The molecule has 2 aromatic carbocycles. The Morgan fingerprint density at radius 2 is 1.74 bits per heavy atom. The highest BCUT2D eigenvalue weighted by Crippen LogP contribution is 2.21. The van der Waals surface area contributed by atoms with Crippen LogP contribution in [0.3, 0.4) is 0 Å². The zero-order chi connectivity index (χ0) is 16.1. The molecule has 0 spiro atoms. The summed E-state index contributed by atoms with van der Waals surface area (Å²) in [6.07, 6.45) is 0. The van der Waals surface area contributed by atoms with E-state index in [4.69, 9.17) is 5.73 Å². The fourth-order valence-corrected chi connectivity index (χ4v) is 2.85. The molecule has 1 saturated heterocycles. The van der Waals surface area contributed by atoms with Crippen molar-refractivity contribution in [2.24, 2.45) is 5.73 Å². The molecule has 0 saturated carbocycles. The summed E-state index contributed by atoms with van der Waals surface area (Å²) in [6.45, 7) is 2.14. The Bertz CT molecular complexity index is 636. The predicted octanol–water partition coefficient (Wildman–Crippen LogP) is 1.56. The molecule has 1 atom stereocenters. The molecule has 0 aliphatic carbocycles. The zero-order valence-electron chi connectivity index (χ0n) is 13.0. The van der Waals surface area contributed by atoms with E-state index in [1.807, 2.05) is 42.5 Å². The summed E-state index contributed by atoms with van der Waals surface area (Å²) in [7, 11) is 0. The number of carbonyl (C=O) groups is 1. The summed E-state index contributed by atoms with van der Waals surface area (Å²) < 4.78 is 0. The number of rotatable bonds is 5. The van der Waals surface area contributed by atoms with Gasteiger partial charge in [-0.1, -0.05) is 42.5 Å². The van der Waals surface area contributed by atoms with Crippen molar-refractivity contribution in [3.8, 4) is 0 Å². The fourth-order valence-electron chi connectivity index (χ4n) is 2.85. The maximum atomic E-state index is 12.5. The minimum absolute atomic E-state index is 0.0735. The molecule has 5 N–H and O–H groups in total. The van der Waals surface area contributed by atoms with E-state index in [1.54, 1.807) is 0 Å². The summed E-state index contributed by atoms with van der Waals surface area (Å²) in [6, 6.07) is 17.7. The van der Waals surface area contributed by atoms with E-state index in [2.05, 4.69) is 28.3 Å². The van der Waals surface area contributed by atoms with Crippen LogP contribution in [0, 0.1) is 0 Å². The van der Waals surface area contributed by atoms with E-state index < -0.39 is 0 Å². The van der Waals surface area contributed by atoms with Gasteiger partial charge in [-0.15, -0.1) is 0 Å². The number of nitrogens with one attached hydrogen (secondary N) is 3. The number of hydrogen-bond donors (Lipinski definition) is 4. The van der Waals surface area contributed by atoms with Crippen molar-refractivity contribution < 1.29 is 4.79 Å².